The molecule has 0 radical (unpaired) electrons. The number of hydrogen-bond donors (Lipinski definition) is 0. The molecule has 4 unspecified atom stereocenters. The fourth-order valence-corrected chi connectivity index (χ4v) is 3.90. The van der Waals surface area contributed by atoms with Crippen molar-refractivity contribution in [3.05, 3.63) is 0 Å². The van der Waals surface area contributed by atoms with Crippen LogP contribution >= 0.6 is 0 Å². The molecule has 0 aromatic heterocycles. The number of nitrogens with zero attached hydrogens (tertiary/aromatic N) is 1. The van der Waals surface area contributed by atoms with E-state index >= 15 is 0 Å². The predicted octanol–water partition coefficient (Wildman–Crippen LogP) is 1.91. The number of hydrogen-bond acceptors (Lipinski definition) is 3. The van der Waals surface area contributed by atoms with Crippen LogP contribution in [0.4, 0.5) is 0 Å². The van der Waals surface area contributed by atoms with Crippen molar-refractivity contribution < 1.29 is 14.3 Å². The molecule has 2 saturated heterocycles. The minimum Gasteiger partial charge on any atom is -0.365 e. The van der Waals surface area contributed by atoms with Crippen LogP contribution < -0.4 is 0 Å². The monoisotopic (exact) mass is 265 g/mol. The van der Waals surface area contributed by atoms with Gasteiger partial charge in [-0.3, -0.25) is 9.59 Å². The van der Waals surface area contributed by atoms with Gasteiger partial charge in [-0.15, -0.1) is 0 Å². The van der Waals surface area contributed by atoms with Crippen LogP contribution in [0.1, 0.15) is 51.9 Å². The third-order valence-electron chi connectivity index (χ3n) is 4.91. The van der Waals surface area contributed by atoms with E-state index in [0.29, 0.717) is 12.2 Å². The smallest absolute Gasteiger partial charge is 0.251 e. The topological polar surface area (TPSA) is 46.6 Å². The van der Waals surface area contributed by atoms with Crippen molar-refractivity contribution in [3.8, 4) is 0 Å². The van der Waals surface area contributed by atoms with E-state index in [0.717, 1.165) is 45.1 Å². The predicted molar refractivity (Wildman–Crippen MR) is 70.7 cm³/mol. The molecule has 4 nitrogen and oxygen atoms in total. The van der Waals surface area contributed by atoms with Crippen LogP contribution in [-0.2, 0) is 14.3 Å². The summed E-state index contributed by atoms with van der Waals surface area (Å²) in [5.41, 5.74) is 0. The van der Waals surface area contributed by atoms with Gasteiger partial charge in [0.2, 0.25) is 0 Å². The first-order valence-electron chi connectivity index (χ1n) is 7.65. The van der Waals surface area contributed by atoms with Crippen molar-refractivity contribution in [2.45, 2.75) is 70.1 Å². The van der Waals surface area contributed by atoms with Gasteiger partial charge in [-0.1, -0.05) is 0 Å². The average Bonchev–Trinajstić information content (AvgIpc) is 3.07. The Labute approximate surface area is 114 Å². The van der Waals surface area contributed by atoms with Crippen LogP contribution in [0.3, 0.4) is 0 Å². The highest BCUT2D eigenvalue weighted by molar-refractivity contribution is 5.86. The van der Waals surface area contributed by atoms with Crippen LogP contribution in [0.15, 0.2) is 0 Å². The Hall–Kier alpha value is -0.900. The van der Waals surface area contributed by atoms with Crippen LogP contribution in [0.25, 0.3) is 0 Å². The van der Waals surface area contributed by atoms with E-state index in [9.17, 15) is 9.59 Å². The lowest BCUT2D eigenvalue weighted by atomic mass is 9.95. The zero-order chi connectivity index (χ0) is 13.4. The normalized spacial score (nSPS) is 39.2. The maximum Gasteiger partial charge on any atom is 0.251 e. The first-order chi connectivity index (χ1) is 9.16. The van der Waals surface area contributed by atoms with Gasteiger partial charge in [0, 0.05) is 24.9 Å². The van der Waals surface area contributed by atoms with Gasteiger partial charge < -0.3 is 9.64 Å². The molecule has 1 aliphatic carbocycles. The van der Waals surface area contributed by atoms with Crippen LogP contribution in [0, 0.1) is 5.92 Å². The van der Waals surface area contributed by atoms with Gasteiger partial charge in [-0.25, -0.2) is 0 Å². The highest BCUT2D eigenvalue weighted by Gasteiger charge is 2.42. The lowest BCUT2D eigenvalue weighted by Crippen LogP contribution is -2.46. The Bertz CT molecular complexity index is 382. The van der Waals surface area contributed by atoms with Gasteiger partial charge in [0.25, 0.3) is 5.91 Å². The van der Waals surface area contributed by atoms with Crippen molar-refractivity contribution >= 4 is 11.7 Å². The van der Waals surface area contributed by atoms with E-state index in [4.69, 9.17) is 4.74 Å². The maximum absolute atomic E-state index is 12.6. The summed E-state index contributed by atoms with van der Waals surface area (Å²) in [5, 5.41) is 0. The number of Topliss-reactive ketones (excluding diaryl/α,β-unsaturated/α-hetero) is 1. The van der Waals surface area contributed by atoms with Gasteiger partial charge >= 0.3 is 0 Å². The Morgan fingerprint density at radius 3 is 2.68 bits per heavy atom. The lowest BCUT2D eigenvalue weighted by Gasteiger charge is -2.30. The van der Waals surface area contributed by atoms with Crippen LogP contribution in [0.2, 0.25) is 0 Å². The third kappa shape index (κ3) is 2.42. The molecule has 4 heteroatoms. The molecule has 1 saturated carbocycles. The summed E-state index contributed by atoms with van der Waals surface area (Å²) >= 11 is 0. The molecular weight excluding hydrogens is 242 g/mol. The summed E-state index contributed by atoms with van der Waals surface area (Å²) in [6, 6.07) is 0.155. The summed E-state index contributed by atoms with van der Waals surface area (Å²) in [6.45, 7) is 2.83. The molecule has 19 heavy (non-hydrogen) atoms. The lowest BCUT2D eigenvalue weighted by molar-refractivity contribution is -0.145. The standard InChI is InChI=1S/C15H23NO3/c1-10-7-8-14(19-10)15(18)16-9-3-5-12(16)11-4-2-6-13(11)17/h10-12,14H,2-9H2,1H3. The van der Waals surface area contributed by atoms with E-state index in [2.05, 4.69) is 0 Å². The van der Waals surface area contributed by atoms with Crippen molar-refractivity contribution in [1.29, 1.82) is 0 Å². The summed E-state index contributed by atoms with van der Waals surface area (Å²) in [7, 11) is 0. The molecule has 0 spiro atoms. The van der Waals surface area contributed by atoms with Gasteiger partial charge in [0.05, 0.1) is 6.10 Å². The second-order valence-electron chi connectivity index (χ2n) is 6.22. The molecular formula is C15H23NO3. The number of ether oxygens (including phenoxy) is 1. The molecule has 106 valence electrons. The molecule has 0 bridgehead atoms. The first kappa shape index (κ1) is 13.1. The minimum absolute atomic E-state index is 0.102. The minimum atomic E-state index is -0.257. The number of ketones is 1. The van der Waals surface area contributed by atoms with E-state index in [-0.39, 0.29) is 30.1 Å². The van der Waals surface area contributed by atoms with Crippen molar-refractivity contribution in [3.63, 3.8) is 0 Å². The summed E-state index contributed by atoms with van der Waals surface area (Å²) < 4.78 is 5.70. The maximum atomic E-state index is 12.6. The fourth-order valence-electron chi connectivity index (χ4n) is 3.90. The summed E-state index contributed by atoms with van der Waals surface area (Å²) in [6.07, 6.45) is 6.44. The average molecular weight is 265 g/mol. The van der Waals surface area contributed by atoms with E-state index < -0.39 is 0 Å². The second kappa shape index (κ2) is 5.23. The number of amides is 1. The number of rotatable bonds is 2. The molecule has 3 fully saturated rings. The molecule has 1 amide bonds. The van der Waals surface area contributed by atoms with E-state index in [1.165, 1.54) is 0 Å². The molecule has 2 heterocycles. The fraction of sp³-hybridized carbons (Fsp3) is 0.867. The van der Waals surface area contributed by atoms with Crippen molar-refractivity contribution in [1.82, 2.24) is 4.90 Å². The third-order valence-corrected chi connectivity index (χ3v) is 4.91. The first-order valence-corrected chi connectivity index (χ1v) is 7.65. The Morgan fingerprint density at radius 2 is 2.05 bits per heavy atom. The van der Waals surface area contributed by atoms with Gasteiger partial charge in [-0.05, 0) is 45.4 Å². The number of carbonyl (C=O) groups is 2. The zero-order valence-electron chi connectivity index (χ0n) is 11.6. The Morgan fingerprint density at radius 1 is 1.21 bits per heavy atom. The van der Waals surface area contributed by atoms with E-state index in [1.54, 1.807) is 0 Å². The highest BCUT2D eigenvalue weighted by atomic mass is 16.5. The quantitative estimate of drug-likeness (QED) is 0.766. The Kier molecular flexibility index (Phi) is 3.61. The number of carbonyl (C=O) groups excluding carboxylic acids is 2. The van der Waals surface area contributed by atoms with Gasteiger partial charge in [-0.2, -0.15) is 0 Å². The molecule has 4 atom stereocenters. The summed E-state index contributed by atoms with van der Waals surface area (Å²) in [5.74, 6) is 0.599. The molecule has 3 rings (SSSR count). The van der Waals surface area contributed by atoms with Crippen LogP contribution in [-0.4, -0.2) is 41.4 Å². The van der Waals surface area contributed by atoms with Crippen molar-refractivity contribution in [2.75, 3.05) is 6.54 Å². The SMILES string of the molecule is CC1CCC(C(=O)N2CCCC2C2CCCC2=O)O1. The molecule has 0 aromatic rings. The largest absolute Gasteiger partial charge is 0.365 e. The number of likely N-dealkylation sites (tertiary alicyclic amines) is 1. The van der Waals surface area contributed by atoms with E-state index in [1.807, 2.05) is 11.8 Å². The molecule has 3 aliphatic rings. The zero-order valence-corrected chi connectivity index (χ0v) is 11.6. The Balaban J connectivity index is 1.69. The van der Waals surface area contributed by atoms with Gasteiger partial charge in [0.1, 0.15) is 11.9 Å². The highest BCUT2D eigenvalue weighted by Crippen LogP contribution is 2.34. The molecule has 0 N–H and O–H groups in total. The molecule has 2 aliphatic heterocycles. The molecule has 0 aromatic carbocycles. The van der Waals surface area contributed by atoms with Crippen molar-refractivity contribution in [2.24, 2.45) is 5.92 Å². The second-order valence-corrected chi connectivity index (χ2v) is 6.22. The van der Waals surface area contributed by atoms with Gasteiger partial charge in [0.15, 0.2) is 0 Å². The summed E-state index contributed by atoms with van der Waals surface area (Å²) in [4.78, 5) is 26.4. The van der Waals surface area contributed by atoms with Crippen LogP contribution in [0.5, 0.6) is 0 Å².